The highest BCUT2D eigenvalue weighted by Crippen LogP contribution is 2.66. The predicted molar refractivity (Wildman–Crippen MR) is 86.2 cm³/mol. The highest BCUT2D eigenvalue weighted by molar-refractivity contribution is 7.97. The molecule has 1 aliphatic rings. The van der Waals surface area contributed by atoms with Gasteiger partial charge in [-0.15, -0.1) is 0 Å². The molecule has 2 aromatic carbocycles. The summed E-state index contributed by atoms with van der Waals surface area (Å²) >= 11 is 0. The van der Waals surface area contributed by atoms with Crippen LogP contribution in [-0.2, 0) is 4.52 Å². The predicted octanol–water partition coefficient (Wildman–Crippen LogP) is 3.33. The van der Waals surface area contributed by atoms with Gasteiger partial charge in [-0.05, 0) is 24.6 Å². The van der Waals surface area contributed by atoms with Crippen LogP contribution in [0.3, 0.4) is 0 Å². The lowest BCUT2D eigenvalue weighted by atomic mass is 10.0. The van der Waals surface area contributed by atoms with Crippen LogP contribution in [0.2, 0.25) is 0 Å². The second kappa shape index (κ2) is 5.33. The summed E-state index contributed by atoms with van der Waals surface area (Å²) in [6.07, 6.45) is 0.0275. The summed E-state index contributed by atoms with van der Waals surface area (Å²) in [4.78, 5) is 0. The first-order chi connectivity index (χ1) is 9.63. The standard InChI is InChI=1S/C16H18BNOP/c1-13-16(14-9-5-3-6-10-14)19-20(17,18(13)2)15-11-7-4-8-12-15/h3-13,16H,1-2H3/q+1/t13-,16-,20?/m0/s1. The summed E-state index contributed by atoms with van der Waals surface area (Å²) in [6, 6.07) is 20.7. The second-order valence-electron chi connectivity index (χ2n) is 5.21. The van der Waals surface area contributed by atoms with E-state index in [0.29, 0.717) is 0 Å². The van der Waals surface area contributed by atoms with Crippen LogP contribution in [0.4, 0.5) is 0 Å². The van der Waals surface area contributed by atoms with Crippen molar-refractivity contribution in [3.8, 4) is 0 Å². The number of rotatable bonds is 2. The molecule has 2 nitrogen and oxygen atoms in total. The van der Waals surface area contributed by atoms with Gasteiger partial charge >= 0.3 is 7.57 Å². The lowest BCUT2D eigenvalue weighted by Gasteiger charge is -2.23. The summed E-state index contributed by atoms with van der Waals surface area (Å²) in [5.74, 6) is 0. The van der Waals surface area contributed by atoms with Crippen molar-refractivity contribution in [2.24, 2.45) is 0 Å². The Labute approximate surface area is 122 Å². The van der Waals surface area contributed by atoms with Crippen molar-refractivity contribution >= 4 is 20.4 Å². The van der Waals surface area contributed by atoms with E-state index in [1.807, 2.05) is 36.4 Å². The highest BCUT2D eigenvalue weighted by atomic mass is 31.2. The molecule has 1 unspecified atom stereocenters. The van der Waals surface area contributed by atoms with Gasteiger partial charge < -0.3 is 0 Å². The van der Waals surface area contributed by atoms with E-state index in [4.69, 9.17) is 12.1 Å². The third-order valence-electron chi connectivity index (χ3n) is 4.02. The Morgan fingerprint density at radius 3 is 2.15 bits per heavy atom. The van der Waals surface area contributed by atoms with Gasteiger partial charge in [0.25, 0.3) is 0 Å². The molecule has 0 spiro atoms. The zero-order chi connectivity index (χ0) is 14.2. The molecule has 100 valence electrons. The van der Waals surface area contributed by atoms with Crippen molar-refractivity contribution < 1.29 is 4.52 Å². The fraction of sp³-hybridized carbons (Fsp3) is 0.250. The van der Waals surface area contributed by atoms with E-state index in [2.05, 4.69) is 42.9 Å². The van der Waals surface area contributed by atoms with E-state index in [1.165, 1.54) is 5.56 Å². The summed E-state index contributed by atoms with van der Waals surface area (Å²) in [5, 5.41) is 1.09. The van der Waals surface area contributed by atoms with Crippen molar-refractivity contribution in [2.45, 2.75) is 19.1 Å². The molecular formula is C16H18BNOP+. The third kappa shape index (κ3) is 2.20. The van der Waals surface area contributed by atoms with Crippen LogP contribution in [0.15, 0.2) is 60.7 Å². The molecule has 20 heavy (non-hydrogen) atoms. The van der Waals surface area contributed by atoms with Gasteiger partial charge in [0.05, 0.1) is 6.04 Å². The molecule has 0 aliphatic carbocycles. The minimum Gasteiger partial charge on any atom is -0.224 e. The molecule has 0 saturated carbocycles. The highest BCUT2D eigenvalue weighted by Gasteiger charge is 2.55. The Morgan fingerprint density at radius 2 is 1.55 bits per heavy atom. The Morgan fingerprint density at radius 1 is 1.00 bits per heavy atom. The van der Waals surface area contributed by atoms with Gasteiger partial charge in [-0.2, -0.15) is 4.67 Å². The molecule has 2 radical (unpaired) electrons. The maximum absolute atomic E-state index is 6.66. The van der Waals surface area contributed by atoms with E-state index in [-0.39, 0.29) is 12.1 Å². The molecule has 3 atom stereocenters. The van der Waals surface area contributed by atoms with Gasteiger partial charge in [-0.1, -0.05) is 48.5 Å². The summed E-state index contributed by atoms with van der Waals surface area (Å²) < 4.78 is 8.57. The van der Waals surface area contributed by atoms with Crippen LogP contribution in [0.1, 0.15) is 18.6 Å². The second-order valence-corrected chi connectivity index (χ2v) is 7.81. The quantitative estimate of drug-likeness (QED) is 0.618. The van der Waals surface area contributed by atoms with Crippen molar-refractivity contribution in [1.82, 2.24) is 4.67 Å². The van der Waals surface area contributed by atoms with E-state index in [1.54, 1.807) is 0 Å². The number of hydrogen-bond acceptors (Lipinski definition) is 2. The number of hydrogen-bond donors (Lipinski definition) is 0. The van der Waals surface area contributed by atoms with Gasteiger partial charge in [-0.3, -0.25) is 0 Å². The minimum atomic E-state index is -2.21. The fourth-order valence-corrected chi connectivity index (χ4v) is 5.21. The smallest absolute Gasteiger partial charge is 0.224 e. The molecule has 0 N–H and O–H groups in total. The number of likely N-dealkylation sites (N-methyl/N-ethyl adjacent to an activating group) is 1. The van der Waals surface area contributed by atoms with Gasteiger partial charge in [-0.25, -0.2) is 4.52 Å². The van der Waals surface area contributed by atoms with Crippen molar-refractivity contribution in [3.63, 3.8) is 0 Å². The molecule has 2 aromatic rings. The van der Waals surface area contributed by atoms with E-state index >= 15 is 0 Å². The van der Waals surface area contributed by atoms with Gasteiger partial charge in [0.2, 0.25) is 0 Å². The Bertz CT molecular complexity index is 580. The Kier molecular flexibility index (Phi) is 3.68. The molecule has 0 aromatic heterocycles. The van der Waals surface area contributed by atoms with Crippen molar-refractivity contribution in [1.29, 1.82) is 0 Å². The zero-order valence-corrected chi connectivity index (χ0v) is 12.7. The largest absolute Gasteiger partial charge is 0.434 e. The fourth-order valence-electron chi connectivity index (χ4n) is 2.67. The van der Waals surface area contributed by atoms with Crippen LogP contribution in [0.25, 0.3) is 0 Å². The molecule has 0 bridgehead atoms. The van der Waals surface area contributed by atoms with E-state index in [0.717, 1.165) is 5.30 Å². The average Bonchev–Trinajstić information content (AvgIpc) is 2.75. The monoisotopic (exact) mass is 282 g/mol. The molecular weight excluding hydrogens is 264 g/mol. The van der Waals surface area contributed by atoms with Gasteiger partial charge in [0.1, 0.15) is 11.4 Å². The molecule has 1 fully saturated rings. The summed E-state index contributed by atoms with van der Waals surface area (Å²) in [6.45, 7) is 2.18. The van der Waals surface area contributed by atoms with E-state index < -0.39 is 7.52 Å². The van der Waals surface area contributed by atoms with Gasteiger partial charge in [0.15, 0.2) is 7.52 Å². The SMILES string of the molecule is [B][P+]1(c2ccccc2)O[C@H](c2ccccc2)[C@H](C)N1C. The van der Waals surface area contributed by atoms with Crippen LogP contribution in [-0.4, -0.2) is 25.3 Å². The molecule has 0 amide bonds. The molecule has 3 rings (SSSR count). The molecule has 1 saturated heterocycles. The van der Waals surface area contributed by atoms with Gasteiger partial charge in [0, 0.05) is 7.05 Å². The van der Waals surface area contributed by atoms with Crippen LogP contribution in [0, 0.1) is 0 Å². The Balaban J connectivity index is 1.97. The normalized spacial score (nSPS) is 30.5. The zero-order valence-electron chi connectivity index (χ0n) is 11.8. The van der Waals surface area contributed by atoms with Crippen LogP contribution >= 0.6 is 7.52 Å². The van der Waals surface area contributed by atoms with Crippen molar-refractivity contribution in [3.05, 3.63) is 66.2 Å². The number of nitrogens with zero attached hydrogens (tertiary/aromatic N) is 1. The minimum absolute atomic E-state index is 0.0275. The first-order valence-corrected chi connectivity index (χ1v) is 8.55. The lowest BCUT2D eigenvalue weighted by molar-refractivity contribution is 0.217. The van der Waals surface area contributed by atoms with Crippen LogP contribution in [0.5, 0.6) is 0 Å². The third-order valence-corrected chi connectivity index (χ3v) is 6.91. The maximum atomic E-state index is 6.66. The number of benzene rings is 2. The molecule has 1 aliphatic heterocycles. The lowest BCUT2D eigenvalue weighted by Crippen LogP contribution is -2.28. The molecule has 1 heterocycles. The topological polar surface area (TPSA) is 12.5 Å². The van der Waals surface area contributed by atoms with Crippen molar-refractivity contribution in [2.75, 3.05) is 7.05 Å². The molecule has 4 heteroatoms. The first kappa shape index (κ1) is 13.8. The average molecular weight is 282 g/mol. The summed E-state index contributed by atoms with van der Waals surface area (Å²) in [7, 11) is 6.51. The Hall–Kier alpha value is -1.15. The summed E-state index contributed by atoms with van der Waals surface area (Å²) in [5.41, 5.74) is 1.19. The maximum Gasteiger partial charge on any atom is 0.434 e. The first-order valence-electron chi connectivity index (χ1n) is 6.83. The van der Waals surface area contributed by atoms with E-state index in [9.17, 15) is 0 Å². The van der Waals surface area contributed by atoms with Crippen LogP contribution < -0.4 is 5.30 Å².